The van der Waals surface area contributed by atoms with Crippen molar-refractivity contribution in [1.29, 1.82) is 0 Å². The lowest BCUT2D eigenvalue weighted by atomic mass is 10.2. The van der Waals surface area contributed by atoms with Crippen LogP contribution in [0.2, 0.25) is 0 Å². The molecule has 1 heterocycles. The molecule has 0 saturated carbocycles. The number of ether oxygens (including phenoxy) is 3. The topological polar surface area (TPSA) is 56.8 Å². The molecule has 5 nitrogen and oxygen atoms in total. The summed E-state index contributed by atoms with van der Waals surface area (Å²) in [7, 11) is 0. The number of rotatable bonds is 3. The molecule has 0 bridgehead atoms. The van der Waals surface area contributed by atoms with Crippen molar-refractivity contribution in [2.45, 2.75) is 6.61 Å². The van der Waals surface area contributed by atoms with E-state index in [1.807, 2.05) is 30.3 Å². The third kappa shape index (κ3) is 3.28. The van der Waals surface area contributed by atoms with Gasteiger partial charge in [-0.1, -0.05) is 30.3 Å². The number of hydrogen-bond acceptors (Lipinski definition) is 4. The molecule has 0 atom stereocenters. The second-order valence-corrected chi connectivity index (χ2v) is 5.23. The Morgan fingerprint density at radius 3 is 2.86 bits per heavy atom. The zero-order valence-electron chi connectivity index (χ0n) is 11.0. The molecule has 0 fully saturated rings. The van der Waals surface area contributed by atoms with Crippen LogP contribution in [0.25, 0.3) is 0 Å². The van der Waals surface area contributed by atoms with E-state index in [9.17, 15) is 4.79 Å². The molecule has 2 aromatic rings. The van der Waals surface area contributed by atoms with Crippen LogP contribution < -0.4 is 14.8 Å². The van der Waals surface area contributed by atoms with Crippen molar-refractivity contribution < 1.29 is 19.0 Å². The molecule has 2 aromatic carbocycles. The van der Waals surface area contributed by atoms with Gasteiger partial charge in [0.05, 0.1) is 4.47 Å². The van der Waals surface area contributed by atoms with Gasteiger partial charge in [-0.25, -0.2) is 4.79 Å². The average molecular weight is 350 g/mol. The maximum Gasteiger partial charge on any atom is 0.411 e. The summed E-state index contributed by atoms with van der Waals surface area (Å²) in [6.45, 7) is 0.397. The van der Waals surface area contributed by atoms with Crippen LogP contribution in [-0.4, -0.2) is 12.9 Å². The number of hydrogen-bond donors (Lipinski definition) is 1. The first kappa shape index (κ1) is 13.8. The Kier molecular flexibility index (Phi) is 3.96. The molecule has 108 valence electrons. The molecule has 6 heteroatoms. The predicted octanol–water partition coefficient (Wildman–Crippen LogP) is 3.93. The molecule has 0 spiro atoms. The van der Waals surface area contributed by atoms with Crippen LogP contribution in [0.1, 0.15) is 5.56 Å². The van der Waals surface area contributed by atoms with Crippen LogP contribution in [-0.2, 0) is 11.3 Å². The van der Waals surface area contributed by atoms with Crippen LogP contribution in [0, 0.1) is 0 Å². The number of carbonyl (C=O) groups excluding carboxylic acids is 1. The smallest absolute Gasteiger partial charge is 0.411 e. The van der Waals surface area contributed by atoms with Gasteiger partial charge in [-0.15, -0.1) is 0 Å². The molecule has 0 saturated heterocycles. The van der Waals surface area contributed by atoms with E-state index in [-0.39, 0.29) is 13.4 Å². The van der Waals surface area contributed by atoms with Gasteiger partial charge in [0.2, 0.25) is 6.79 Å². The lowest BCUT2D eigenvalue weighted by Crippen LogP contribution is -2.13. The fraction of sp³-hybridized carbons (Fsp3) is 0.133. The number of anilines is 1. The van der Waals surface area contributed by atoms with Gasteiger partial charge >= 0.3 is 6.09 Å². The largest absolute Gasteiger partial charge is 0.453 e. The standard InChI is InChI=1S/C15H12BrNO4/c16-12-6-11(7-13-14(12)21-9-20-13)17-15(18)19-8-10-4-2-1-3-5-10/h1-7H,8-9H2,(H,17,18). The van der Waals surface area contributed by atoms with Crippen LogP contribution in [0.15, 0.2) is 46.9 Å². The summed E-state index contributed by atoms with van der Waals surface area (Å²) < 4.78 is 16.4. The Morgan fingerprint density at radius 2 is 2.05 bits per heavy atom. The highest BCUT2D eigenvalue weighted by Crippen LogP contribution is 2.41. The minimum absolute atomic E-state index is 0.176. The first-order chi connectivity index (χ1) is 10.2. The predicted molar refractivity (Wildman–Crippen MR) is 80.5 cm³/mol. The first-order valence-electron chi connectivity index (χ1n) is 6.29. The van der Waals surface area contributed by atoms with Gasteiger partial charge in [-0.05, 0) is 27.6 Å². The Hall–Kier alpha value is -2.21. The highest BCUT2D eigenvalue weighted by molar-refractivity contribution is 9.10. The van der Waals surface area contributed by atoms with Crippen molar-refractivity contribution in [1.82, 2.24) is 0 Å². The van der Waals surface area contributed by atoms with E-state index < -0.39 is 6.09 Å². The summed E-state index contributed by atoms with van der Waals surface area (Å²) in [5.74, 6) is 1.22. The summed E-state index contributed by atoms with van der Waals surface area (Å²) in [5, 5.41) is 2.66. The molecular weight excluding hydrogens is 338 g/mol. The number of fused-ring (bicyclic) bond motifs is 1. The summed E-state index contributed by atoms with van der Waals surface area (Å²) in [4.78, 5) is 11.8. The van der Waals surface area contributed by atoms with E-state index in [2.05, 4.69) is 21.2 Å². The van der Waals surface area contributed by atoms with Crippen molar-refractivity contribution in [3.8, 4) is 11.5 Å². The monoisotopic (exact) mass is 349 g/mol. The van der Waals surface area contributed by atoms with Crippen molar-refractivity contribution in [2.75, 3.05) is 12.1 Å². The lowest BCUT2D eigenvalue weighted by molar-refractivity contribution is 0.155. The second-order valence-electron chi connectivity index (χ2n) is 4.38. The number of amides is 1. The summed E-state index contributed by atoms with van der Waals surface area (Å²) in [5.41, 5.74) is 1.50. The molecule has 1 aliphatic heterocycles. The average Bonchev–Trinajstić information content (AvgIpc) is 2.95. The third-order valence-corrected chi connectivity index (χ3v) is 3.48. The van der Waals surface area contributed by atoms with E-state index in [0.29, 0.717) is 17.2 Å². The molecule has 3 rings (SSSR count). The zero-order chi connectivity index (χ0) is 14.7. The maximum absolute atomic E-state index is 11.8. The molecule has 0 radical (unpaired) electrons. The normalized spacial score (nSPS) is 12.0. The Bertz CT molecular complexity index is 660. The van der Waals surface area contributed by atoms with Crippen molar-refractivity contribution in [3.05, 3.63) is 52.5 Å². The van der Waals surface area contributed by atoms with Gasteiger partial charge in [0.15, 0.2) is 11.5 Å². The van der Waals surface area contributed by atoms with Crippen molar-refractivity contribution >= 4 is 27.7 Å². The maximum atomic E-state index is 11.8. The van der Waals surface area contributed by atoms with E-state index in [0.717, 1.165) is 10.0 Å². The summed E-state index contributed by atoms with van der Waals surface area (Å²) >= 11 is 3.37. The number of halogens is 1. The second kappa shape index (κ2) is 6.05. The Balaban J connectivity index is 1.61. The van der Waals surface area contributed by atoms with Crippen LogP contribution >= 0.6 is 15.9 Å². The van der Waals surface area contributed by atoms with E-state index in [4.69, 9.17) is 14.2 Å². The van der Waals surface area contributed by atoms with Gasteiger partial charge in [0, 0.05) is 11.8 Å². The molecule has 0 unspecified atom stereocenters. The number of benzene rings is 2. The van der Waals surface area contributed by atoms with Gasteiger partial charge in [-0.2, -0.15) is 0 Å². The summed E-state index contributed by atoms with van der Waals surface area (Å²) in [6, 6.07) is 12.9. The lowest BCUT2D eigenvalue weighted by Gasteiger charge is -2.08. The van der Waals surface area contributed by atoms with Gasteiger partial charge < -0.3 is 14.2 Å². The quantitative estimate of drug-likeness (QED) is 0.912. The van der Waals surface area contributed by atoms with E-state index in [1.165, 1.54) is 0 Å². The van der Waals surface area contributed by atoms with Gasteiger partial charge in [0.25, 0.3) is 0 Å². The fourth-order valence-corrected chi connectivity index (χ4v) is 2.47. The van der Waals surface area contributed by atoms with Crippen LogP contribution in [0.4, 0.5) is 10.5 Å². The number of nitrogens with one attached hydrogen (secondary N) is 1. The summed E-state index contributed by atoms with van der Waals surface area (Å²) in [6.07, 6.45) is -0.524. The minimum Gasteiger partial charge on any atom is -0.453 e. The third-order valence-electron chi connectivity index (χ3n) is 2.89. The van der Waals surface area contributed by atoms with Crippen LogP contribution in [0.3, 0.4) is 0 Å². The van der Waals surface area contributed by atoms with Crippen LogP contribution in [0.5, 0.6) is 11.5 Å². The fourth-order valence-electron chi connectivity index (χ4n) is 1.92. The molecule has 1 amide bonds. The van der Waals surface area contributed by atoms with Gasteiger partial charge in [-0.3, -0.25) is 5.32 Å². The first-order valence-corrected chi connectivity index (χ1v) is 7.08. The Morgan fingerprint density at radius 1 is 1.24 bits per heavy atom. The molecule has 21 heavy (non-hydrogen) atoms. The SMILES string of the molecule is O=C(Nc1cc(Br)c2c(c1)OCO2)OCc1ccccc1. The molecule has 0 aliphatic carbocycles. The minimum atomic E-state index is -0.524. The molecule has 1 N–H and O–H groups in total. The van der Waals surface area contributed by atoms with Gasteiger partial charge in [0.1, 0.15) is 6.61 Å². The highest BCUT2D eigenvalue weighted by atomic mass is 79.9. The molecule has 0 aromatic heterocycles. The van der Waals surface area contributed by atoms with E-state index >= 15 is 0 Å². The highest BCUT2D eigenvalue weighted by Gasteiger charge is 2.18. The molecule has 1 aliphatic rings. The number of carbonyl (C=O) groups is 1. The Labute approximate surface area is 129 Å². The molecular formula is C15H12BrNO4. The van der Waals surface area contributed by atoms with Crippen molar-refractivity contribution in [2.24, 2.45) is 0 Å². The zero-order valence-corrected chi connectivity index (χ0v) is 12.6. The van der Waals surface area contributed by atoms with E-state index in [1.54, 1.807) is 12.1 Å². The van der Waals surface area contributed by atoms with Crippen molar-refractivity contribution in [3.63, 3.8) is 0 Å².